The van der Waals surface area contributed by atoms with Crippen molar-refractivity contribution in [2.24, 2.45) is 0 Å². The second-order valence-electron chi connectivity index (χ2n) is 3.14. The van der Waals surface area contributed by atoms with E-state index in [2.05, 4.69) is 0 Å². The van der Waals surface area contributed by atoms with Crippen LogP contribution in [0.4, 0.5) is 0 Å². The van der Waals surface area contributed by atoms with Crippen molar-refractivity contribution in [3.63, 3.8) is 0 Å². The molecular weight excluding hydrogens is 255 g/mol. The van der Waals surface area contributed by atoms with Gasteiger partial charge in [-0.1, -0.05) is 23.2 Å². The molecule has 1 unspecified atom stereocenters. The van der Waals surface area contributed by atoms with E-state index in [1.165, 1.54) is 6.07 Å². The molecule has 0 heterocycles. The Morgan fingerprint density at radius 3 is 2.62 bits per heavy atom. The third kappa shape index (κ3) is 4.26. The molecule has 0 aliphatic carbocycles. The molecule has 0 aliphatic rings. The molecule has 0 bridgehead atoms. The molecule has 0 fully saturated rings. The van der Waals surface area contributed by atoms with Crippen LogP contribution in [0.25, 0.3) is 0 Å². The van der Waals surface area contributed by atoms with Crippen LogP contribution in [0.15, 0.2) is 18.2 Å². The number of aliphatic hydroxyl groups is 1. The number of halogens is 2. The number of ether oxygens (including phenoxy) is 1. The van der Waals surface area contributed by atoms with Crippen molar-refractivity contribution >= 4 is 29.2 Å². The van der Waals surface area contributed by atoms with Crippen LogP contribution in [0.3, 0.4) is 0 Å². The van der Waals surface area contributed by atoms with Crippen LogP contribution in [0.2, 0.25) is 10.0 Å². The molecule has 0 saturated carbocycles. The van der Waals surface area contributed by atoms with E-state index in [-0.39, 0.29) is 13.0 Å². The Morgan fingerprint density at radius 2 is 2.06 bits per heavy atom. The van der Waals surface area contributed by atoms with Crippen LogP contribution < -0.4 is 4.74 Å². The van der Waals surface area contributed by atoms with E-state index in [9.17, 15) is 9.90 Å². The molecule has 1 aromatic carbocycles. The predicted octanol–water partition coefficient (Wildman–Crippen LogP) is 2.21. The van der Waals surface area contributed by atoms with Crippen LogP contribution in [0, 0.1) is 0 Å². The lowest BCUT2D eigenvalue weighted by molar-refractivity contribution is -0.139. The Balaban J connectivity index is 2.48. The largest absolute Gasteiger partial charge is 0.491 e. The average molecular weight is 265 g/mol. The smallest absolute Gasteiger partial charge is 0.306 e. The van der Waals surface area contributed by atoms with Crippen molar-refractivity contribution in [3.05, 3.63) is 28.2 Å². The monoisotopic (exact) mass is 264 g/mol. The summed E-state index contributed by atoms with van der Waals surface area (Å²) in [7, 11) is 0. The van der Waals surface area contributed by atoms with Gasteiger partial charge in [0.1, 0.15) is 12.4 Å². The number of hydrogen-bond acceptors (Lipinski definition) is 3. The van der Waals surface area contributed by atoms with Crippen molar-refractivity contribution in [2.75, 3.05) is 6.61 Å². The van der Waals surface area contributed by atoms with Gasteiger partial charge in [-0.2, -0.15) is 0 Å². The number of carboxylic acids is 1. The summed E-state index contributed by atoms with van der Waals surface area (Å²) in [5, 5.41) is 18.4. The number of aliphatic carboxylic acids is 1. The highest BCUT2D eigenvalue weighted by Gasteiger charge is 2.10. The fraction of sp³-hybridized carbons (Fsp3) is 0.300. The molecule has 0 aliphatic heterocycles. The second kappa shape index (κ2) is 5.94. The first-order chi connectivity index (χ1) is 7.49. The summed E-state index contributed by atoms with van der Waals surface area (Å²) < 4.78 is 5.15. The lowest BCUT2D eigenvalue weighted by atomic mass is 10.3. The van der Waals surface area contributed by atoms with Gasteiger partial charge in [0.15, 0.2) is 0 Å². The average Bonchev–Trinajstić information content (AvgIpc) is 2.19. The first-order valence-corrected chi connectivity index (χ1v) is 5.22. The Labute approximate surface area is 102 Å². The first kappa shape index (κ1) is 13.1. The topological polar surface area (TPSA) is 66.8 Å². The molecule has 16 heavy (non-hydrogen) atoms. The molecule has 0 amide bonds. The lowest BCUT2D eigenvalue weighted by Crippen LogP contribution is -2.21. The van der Waals surface area contributed by atoms with Gasteiger partial charge in [0.2, 0.25) is 0 Å². The molecule has 1 rings (SSSR count). The standard InChI is InChI=1S/C10H10Cl2O4/c11-8-2-1-7(4-9(8)12)16-5-6(13)3-10(14)15/h1-2,4,6,13H,3,5H2,(H,14,15). The van der Waals surface area contributed by atoms with Crippen molar-refractivity contribution in [1.29, 1.82) is 0 Å². The van der Waals surface area contributed by atoms with Crippen LogP contribution in [0.1, 0.15) is 6.42 Å². The normalized spacial score (nSPS) is 12.2. The van der Waals surface area contributed by atoms with E-state index in [0.717, 1.165) is 0 Å². The highest BCUT2D eigenvalue weighted by molar-refractivity contribution is 6.42. The fourth-order valence-corrected chi connectivity index (χ4v) is 1.31. The minimum Gasteiger partial charge on any atom is -0.491 e. The number of benzene rings is 1. The van der Waals surface area contributed by atoms with Gasteiger partial charge < -0.3 is 14.9 Å². The molecule has 1 atom stereocenters. The maximum atomic E-state index is 10.3. The zero-order chi connectivity index (χ0) is 12.1. The van der Waals surface area contributed by atoms with E-state index < -0.39 is 12.1 Å². The summed E-state index contributed by atoms with van der Waals surface area (Å²) >= 11 is 11.4. The molecule has 0 radical (unpaired) electrons. The number of rotatable bonds is 5. The van der Waals surface area contributed by atoms with Gasteiger partial charge in [-0.15, -0.1) is 0 Å². The molecule has 0 aromatic heterocycles. The molecule has 0 saturated heterocycles. The van der Waals surface area contributed by atoms with Gasteiger partial charge in [-0.3, -0.25) is 4.79 Å². The Hall–Kier alpha value is -0.970. The van der Waals surface area contributed by atoms with Gasteiger partial charge in [0, 0.05) is 6.07 Å². The molecule has 88 valence electrons. The Bertz CT molecular complexity index is 381. The van der Waals surface area contributed by atoms with Crippen LogP contribution in [-0.4, -0.2) is 28.9 Å². The minimum absolute atomic E-state index is 0.107. The molecule has 6 heteroatoms. The Kier molecular flexibility index (Phi) is 4.86. The fourth-order valence-electron chi connectivity index (χ4n) is 1.02. The summed E-state index contributed by atoms with van der Waals surface area (Å²) in [6.45, 7) is -0.107. The number of carboxylic acid groups (broad SMARTS) is 1. The maximum absolute atomic E-state index is 10.3. The van der Waals surface area contributed by atoms with E-state index in [1.54, 1.807) is 12.1 Å². The molecule has 2 N–H and O–H groups in total. The van der Waals surface area contributed by atoms with E-state index in [1.807, 2.05) is 0 Å². The predicted molar refractivity (Wildman–Crippen MR) is 60.2 cm³/mol. The highest BCUT2D eigenvalue weighted by atomic mass is 35.5. The summed E-state index contributed by atoms with van der Waals surface area (Å²) in [6, 6.07) is 4.64. The Morgan fingerprint density at radius 1 is 1.38 bits per heavy atom. The number of carbonyl (C=O) groups is 1. The first-order valence-electron chi connectivity index (χ1n) is 4.46. The van der Waals surface area contributed by atoms with Crippen molar-refractivity contribution < 1.29 is 19.7 Å². The van der Waals surface area contributed by atoms with Gasteiger partial charge >= 0.3 is 5.97 Å². The van der Waals surface area contributed by atoms with Gasteiger partial charge in [0.05, 0.1) is 22.6 Å². The van der Waals surface area contributed by atoms with Crippen LogP contribution >= 0.6 is 23.2 Å². The van der Waals surface area contributed by atoms with Crippen molar-refractivity contribution in [3.8, 4) is 5.75 Å². The molecule has 4 nitrogen and oxygen atoms in total. The van der Waals surface area contributed by atoms with Crippen molar-refractivity contribution in [2.45, 2.75) is 12.5 Å². The van der Waals surface area contributed by atoms with E-state index >= 15 is 0 Å². The van der Waals surface area contributed by atoms with Gasteiger partial charge in [0.25, 0.3) is 0 Å². The number of hydrogen-bond donors (Lipinski definition) is 2. The molecular formula is C10H10Cl2O4. The zero-order valence-corrected chi connectivity index (χ0v) is 9.70. The van der Waals surface area contributed by atoms with E-state index in [0.29, 0.717) is 15.8 Å². The minimum atomic E-state index is -1.08. The number of aliphatic hydroxyl groups excluding tert-OH is 1. The summed E-state index contributed by atoms with van der Waals surface area (Å²) in [5.41, 5.74) is 0. The highest BCUT2D eigenvalue weighted by Crippen LogP contribution is 2.26. The van der Waals surface area contributed by atoms with Crippen molar-refractivity contribution in [1.82, 2.24) is 0 Å². The maximum Gasteiger partial charge on any atom is 0.306 e. The summed E-state index contributed by atoms with van der Waals surface area (Å²) in [5.74, 6) is -0.649. The second-order valence-corrected chi connectivity index (χ2v) is 3.95. The SMILES string of the molecule is O=C(O)CC(O)COc1ccc(Cl)c(Cl)c1. The van der Waals surface area contributed by atoms with Crippen LogP contribution in [0.5, 0.6) is 5.75 Å². The van der Waals surface area contributed by atoms with E-state index in [4.69, 9.17) is 33.0 Å². The van der Waals surface area contributed by atoms with Gasteiger partial charge in [-0.05, 0) is 12.1 Å². The quantitative estimate of drug-likeness (QED) is 0.856. The molecule has 1 aromatic rings. The van der Waals surface area contributed by atoms with Gasteiger partial charge in [-0.25, -0.2) is 0 Å². The zero-order valence-electron chi connectivity index (χ0n) is 8.19. The summed E-state index contributed by atoms with van der Waals surface area (Å²) in [6.07, 6.45) is -1.41. The molecule has 0 spiro atoms. The lowest BCUT2D eigenvalue weighted by Gasteiger charge is -2.10. The summed E-state index contributed by atoms with van der Waals surface area (Å²) in [4.78, 5) is 10.3. The third-order valence-corrected chi connectivity index (χ3v) is 2.48. The third-order valence-electron chi connectivity index (χ3n) is 1.74. The van der Waals surface area contributed by atoms with Crippen LogP contribution in [-0.2, 0) is 4.79 Å².